The monoisotopic (exact) mass is 270 g/mol. The summed E-state index contributed by atoms with van der Waals surface area (Å²) in [6.07, 6.45) is 4.27. The summed E-state index contributed by atoms with van der Waals surface area (Å²) in [6, 6.07) is 12.3. The average Bonchev–Trinajstić information content (AvgIpc) is 3.14. The van der Waals surface area contributed by atoms with Gasteiger partial charge in [-0.3, -0.25) is 14.6 Å². The number of likely N-dealkylation sites (tertiary alicyclic amines) is 2. The molecular weight excluding hydrogens is 248 g/mol. The number of rotatable bonds is 3. The van der Waals surface area contributed by atoms with E-state index >= 15 is 0 Å². The van der Waals surface area contributed by atoms with Gasteiger partial charge in [-0.1, -0.05) is 30.3 Å². The first kappa shape index (κ1) is 12.5. The van der Waals surface area contributed by atoms with Crippen molar-refractivity contribution in [2.24, 2.45) is 0 Å². The van der Waals surface area contributed by atoms with Crippen molar-refractivity contribution in [2.45, 2.75) is 50.4 Å². The maximum atomic E-state index is 12.0. The molecule has 3 aliphatic rings. The predicted molar refractivity (Wildman–Crippen MR) is 78.4 cm³/mol. The highest BCUT2D eigenvalue weighted by Crippen LogP contribution is 2.36. The minimum atomic E-state index is 0.254. The molecule has 1 aromatic rings. The van der Waals surface area contributed by atoms with Crippen molar-refractivity contribution in [1.29, 1.82) is 0 Å². The second kappa shape index (κ2) is 4.97. The molecule has 3 heteroatoms. The molecule has 3 atom stereocenters. The summed E-state index contributed by atoms with van der Waals surface area (Å²) in [6.45, 7) is 3.31. The maximum Gasteiger partial charge on any atom is 0.149 e. The van der Waals surface area contributed by atoms with Crippen LogP contribution in [0.2, 0.25) is 0 Å². The lowest BCUT2D eigenvalue weighted by Gasteiger charge is -2.37. The molecule has 0 spiro atoms. The number of hydrogen-bond acceptors (Lipinski definition) is 3. The largest absolute Gasteiger partial charge is 0.298 e. The molecule has 106 valence electrons. The molecule has 3 nitrogen and oxygen atoms in total. The summed E-state index contributed by atoms with van der Waals surface area (Å²) in [5.41, 5.74) is 1.41. The summed E-state index contributed by atoms with van der Waals surface area (Å²) in [4.78, 5) is 17.1. The predicted octanol–water partition coefficient (Wildman–Crippen LogP) is 2.07. The van der Waals surface area contributed by atoms with Gasteiger partial charge in [0.25, 0.3) is 0 Å². The number of nitrogens with zero attached hydrogens (tertiary/aromatic N) is 2. The minimum Gasteiger partial charge on any atom is -0.298 e. The number of carbonyl (C=O) groups excluding carboxylic acids is 1. The summed E-state index contributed by atoms with van der Waals surface area (Å²) < 4.78 is 0. The first-order valence-electron chi connectivity index (χ1n) is 7.88. The number of fused-ring (bicyclic) bond motifs is 2. The SMILES string of the molecule is O=C1CCCC1N1CC2CC1CN2Cc1ccccc1. The zero-order valence-electron chi connectivity index (χ0n) is 11.9. The zero-order valence-corrected chi connectivity index (χ0v) is 11.9. The van der Waals surface area contributed by atoms with Crippen molar-refractivity contribution in [2.75, 3.05) is 13.1 Å². The van der Waals surface area contributed by atoms with E-state index < -0.39 is 0 Å². The number of hydrogen-bond donors (Lipinski definition) is 0. The van der Waals surface area contributed by atoms with Crippen LogP contribution in [0.1, 0.15) is 31.2 Å². The fourth-order valence-electron chi connectivity index (χ4n) is 4.32. The van der Waals surface area contributed by atoms with E-state index in [2.05, 4.69) is 40.1 Å². The third kappa shape index (κ3) is 2.09. The summed E-state index contributed by atoms with van der Waals surface area (Å²) in [7, 11) is 0. The number of Topliss-reactive ketones (excluding diaryl/α,β-unsaturated/α-hetero) is 1. The molecule has 2 aliphatic heterocycles. The van der Waals surface area contributed by atoms with Gasteiger partial charge in [-0.05, 0) is 24.8 Å². The standard InChI is InChI=1S/C17H22N2O/c20-17-8-4-7-16(17)19-12-14-9-15(19)11-18(14)10-13-5-2-1-3-6-13/h1-3,5-6,14-16H,4,7-12H2. The highest BCUT2D eigenvalue weighted by atomic mass is 16.1. The van der Waals surface area contributed by atoms with Crippen LogP contribution in [0.4, 0.5) is 0 Å². The van der Waals surface area contributed by atoms with Gasteiger partial charge in [0.2, 0.25) is 0 Å². The van der Waals surface area contributed by atoms with E-state index in [0.717, 1.165) is 38.9 Å². The fraction of sp³-hybridized carbons (Fsp3) is 0.588. The average molecular weight is 270 g/mol. The minimum absolute atomic E-state index is 0.254. The lowest BCUT2D eigenvalue weighted by atomic mass is 10.1. The summed E-state index contributed by atoms with van der Waals surface area (Å²) in [5, 5.41) is 0. The van der Waals surface area contributed by atoms with Gasteiger partial charge in [0.15, 0.2) is 0 Å². The Bertz CT molecular complexity index is 501. The number of ketones is 1. The van der Waals surface area contributed by atoms with Gasteiger partial charge in [-0.2, -0.15) is 0 Å². The molecule has 4 rings (SSSR count). The Morgan fingerprint density at radius 2 is 1.95 bits per heavy atom. The molecule has 3 fully saturated rings. The molecule has 0 radical (unpaired) electrons. The Morgan fingerprint density at radius 3 is 2.60 bits per heavy atom. The Balaban J connectivity index is 1.41. The lowest BCUT2D eigenvalue weighted by molar-refractivity contribution is -0.122. The van der Waals surface area contributed by atoms with E-state index in [9.17, 15) is 4.79 Å². The number of piperazine rings is 1. The smallest absolute Gasteiger partial charge is 0.149 e. The molecule has 1 aliphatic carbocycles. The molecule has 0 N–H and O–H groups in total. The van der Waals surface area contributed by atoms with Crippen molar-refractivity contribution in [3.05, 3.63) is 35.9 Å². The first-order valence-corrected chi connectivity index (χ1v) is 7.88. The van der Waals surface area contributed by atoms with Crippen molar-refractivity contribution in [3.8, 4) is 0 Å². The Hall–Kier alpha value is -1.19. The fourth-order valence-corrected chi connectivity index (χ4v) is 4.32. The third-order valence-corrected chi connectivity index (χ3v) is 5.30. The van der Waals surface area contributed by atoms with E-state index in [1.165, 1.54) is 12.0 Å². The number of carbonyl (C=O) groups is 1. The Morgan fingerprint density at radius 1 is 1.10 bits per heavy atom. The first-order chi connectivity index (χ1) is 9.81. The highest BCUT2D eigenvalue weighted by molar-refractivity contribution is 5.86. The molecule has 3 unspecified atom stereocenters. The van der Waals surface area contributed by atoms with Gasteiger partial charge < -0.3 is 0 Å². The quantitative estimate of drug-likeness (QED) is 0.840. The van der Waals surface area contributed by atoms with Gasteiger partial charge in [-0.25, -0.2) is 0 Å². The van der Waals surface area contributed by atoms with Gasteiger partial charge >= 0.3 is 0 Å². The third-order valence-electron chi connectivity index (χ3n) is 5.30. The lowest BCUT2D eigenvalue weighted by Crippen LogP contribution is -2.51. The van der Waals surface area contributed by atoms with Crippen LogP contribution in [0.25, 0.3) is 0 Å². The zero-order chi connectivity index (χ0) is 13.5. The van der Waals surface area contributed by atoms with Crippen molar-refractivity contribution >= 4 is 5.78 Å². The van der Waals surface area contributed by atoms with Crippen LogP contribution in [0.15, 0.2) is 30.3 Å². The molecular formula is C17H22N2O. The van der Waals surface area contributed by atoms with Crippen LogP contribution < -0.4 is 0 Å². The van der Waals surface area contributed by atoms with Crippen LogP contribution in [0, 0.1) is 0 Å². The van der Waals surface area contributed by atoms with E-state index in [0.29, 0.717) is 17.9 Å². The topological polar surface area (TPSA) is 23.6 Å². The van der Waals surface area contributed by atoms with E-state index in [-0.39, 0.29) is 6.04 Å². The van der Waals surface area contributed by atoms with Crippen molar-refractivity contribution in [1.82, 2.24) is 9.80 Å². The molecule has 1 saturated carbocycles. The molecule has 0 aromatic heterocycles. The van der Waals surface area contributed by atoms with Crippen LogP contribution in [0.3, 0.4) is 0 Å². The Kier molecular flexibility index (Phi) is 3.12. The summed E-state index contributed by atoms with van der Waals surface area (Å²) >= 11 is 0. The van der Waals surface area contributed by atoms with E-state index in [4.69, 9.17) is 0 Å². The van der Waals surface area contributed by atoms with Gasteiger partial charge in [-0.15, -0.1) is 0 Å². The van der Waals surface area contributed by atoms with Gasteiger partial charge in [0.05, 0.1) is 6.04 Å². The van der Waals surface area contributed by atoms with Crippen LogP contribution in [-0.4, -0.2) is 46.8 Å². The summed E-state index contributed by atoms with van der Waals surface area (Å²) in [5.74, 6) is 0.493. The van der Waals surface area contributed by atoms with Crippen LogP contribution in [-0.2, 0) is 11.3 Å². The van der Waals surface area contributed by atoms with Crippen LogP contribution in [0.5, 0.6) is 0 Å². The molecule has 2 heterocycles. The molecule has 2 bridgehead atoms. The van der Waals surface area contributed by atoms with E-state index in [1.54, 1.807) is 0 Å². The second-order valence-corrected chi connectivity index (χ2v) is 6.53. The van der Waals surface area contributed by atoms with Crippen molar-refractivity contribution < 1.29 is 4.79 Å². The number of benzene rings is 1. The van der Waals surface area contributed by atoms with Crippen LogP contribution >= 0.6 is 0 Å². The molecule has 1 aromatic carbocycles. The maximum absolute atomic E-state index is 12.0. The second-order valence-electron chi connectivity index (χ2n) is 6.53. The Labute approximate surface area is 120 Å². The highest BCUT2D eigenvalue weighted by Gasteiger charge is 2.47. The van der Waals surface area contributed by atoms with Gasteiger partial charge in [0, 0.05) is 38.1 Å². The molecule has 2 saturated heterocycles. The molecule has 20 heavy (non-hydrogen) atoms. The normalized spacial score (nSPS) is 34.2. The van der Waals surface area contributed by atoms with E-state index in [1.807, 2.05) is 0 Å². The molecule has 0 amide bonds. The van der Waals surface area contributed by atoms with Gasteiger partial charge in [0.1, 0.15) is 5.78 Å². The van der Waals surface area contributed by atoms with Crippen molar-refractivity contribution in [3.63, 3.8) is 0 Å².